The highest BCUT2D eigenvalue weighted by Gasteiger charge is 2.55. The van der Waals surface area contributed by atoms with Crippen molar-refractivity contribution in [2.24, 2.45) is 23.2 Å². The van der Waals surface area contributed by atoms with E-state index in [1.54, 1.807) is 0 Å². The number of hydrogen-bond donors (Lipinski definition) is 0. The van der Waals surface area contributed by atoms with E-state index < -0.39 is 0 Å². The maximum absolute atomic E-state index is 13.7. The van der Waals surface area contributed by atoms with E-state index in [9.17, 15) is 4.79 Å². The molecule has 1 aliphatic heterocycles. The molecule has 1 aromatic carbocycles. The van der Waals surface area contributed by atoms with Crippen molar-refractivity contribution >= 4 is 17.5 Å². The van der Waals surface area contributed by atoms with E-state index in [0.29, 0.717) is 29.2 Å². The van der Waals surface area contributed by atoms with Gasteiger partial charge in [-0.1, -0.05) is 28.9 Å². The summed E-state index contributed by atoms with van der Waals surface area (Å²) in [7, 11) is 0. The molecule has 5 fully saturated rings. The van der Waals surface area contributed by atoms with E-state index in [0.717, 1.165) is 62.0 Å². The van der Waals surface area contributed by atoms with Crippen LogP contribution in [0.2, 0.25) is 5.02 Å². The number of rotatable bonds is 3. The largest absolute Gasteiger partial charge is 0.341 e. The quantitative estimate of drug-likeness (QED) is 0.668. The molecule has 4 bridgehead atoms. The molecule has 7 rings (SSSR count). The van der Waals surface area contributed by atoms with E-state index in [1.165, 1.54) is 19.3 Å². The van der Waals surface area contributed by atoms with Gasteiger partial charge in [-0.3, -0.25) is 4.79 Å². The first-order chi connectivity index (χ1) is 14.6. The van der Waals surface area contributed by atoms with Gasteiger partial charge in [-0.25, -0.2) is 0 Å². The van der Waals surface area contributed by atoms with Crippen LogP contribution in [0, 0.1) is 23.2 Å². The molecule has 30 heavy (non-hydrogen) atoms. The molecule has 0 N–H and O–H groups in total. The highest BCUT2D eigenvalue weighted by atomic mass is 35.5. The number of benzene rings is 1. The Morgan fingerprint density at radius 3 is 2.57 bits per heavy atom. The zero-order valence-corrected chi connectivity index (χ0v) is 18.0. The summed E-state index contributed by atoms with van der Waals surface area (Å²) in [4.78, 5) is 20.5. The monoisotopic (exact) mass is 425 g/mol. The number of amides is 1. The van der Waals surface area contributed by atoms with Crippen LogP contribution in [0.15, 0.2) is 28.8 Å². The van der Waals surface area contributed by atoms with Crippen LogP contribution in [0.5, 0.6) is 0 Å². The molecule has 0 radical (unpaired) electrons. The lowest BCUT2D eigenvalue weighted by Crippen LogP contribution is -2.55. The molecule has 158 valence electrons. The van der Waals surface area contributed by atoms with Gasteiger partial charge in [0.05, 0.1) is 11.3 Å². The molecule has 6 heteroatoms. The van der Waals surface area contributed by atoms with Gasteiger partial charge in [0.25, 0.3) is 0 Å². The fourth-order valence-electron chi connectivity index (χ4n) is 7.22. The molecule has 4 aliphatic carbocycles. The van der Waals surface area contributed by atoms with E-state index in [1.807, 2.05) is 24.3 Å². The summed E-state index contributed by atoms with van der Waals surface area (Å²) in [6.45, 7) is 1.57. The Balaban J connectivity index is 1.20. The Morgan fingerprint density at radius 2 is 1.87 bits per heavy atom. The molecule has 2 heterocycles. The van der Waals surface area contributed by atoms with Crippen LogP contribution in [0.25, 0.3) is 11.4 Å². The normalized spacial score (nSPS) is 35.0. The molecule has 5 aliphatic rings. The molecular weight excluding hydrogens is 398 g/mol. The van der Waals surface area contributed by atoms with Gasteiger partial charge >= 0.3 is 0 Å². The maximum Gasteiger partial charge on any atom is 0.231 e. The number of aromatic nitrogens is 2. The van der Waals surface area contributed by atoms with Gasteiger partial charge in [0.15, 0.2) is 0 Å². The van der Waals surface area contributed by atoms with Gasteiger partial charge in [-0.2, -0.15) is 4.98 Å². The minimum atomic E-state index is -0.0720. The second kappa shape index (κ2) is 7.08. The van der Waals surface area contributed by atoms with Crippen molar-refractivity contribution in [1.82, 2.24) is 15.0 Å². The number of halogens is 1. The van der Waals surface area contributed by atoms with Crippen LogP contribution in [0.1, 0.15) is 63.2 Å². The zero-order valence-electron chi connectivity index (χ0n) is 17.2. The van der Waals surface area contributed by atoms with Gasteiger partial charge in [-0.05, 0) is 81.3 Å². The number of nitrogens with zero attached hydrogens (tertiary/aromatic N) is 3. The molecule has 5 nitrogen and oxygen atoms in total. The molecule has 0 spiro atoms. The minimum absolute atomic E-state index is 0.0720. The Hall–Kier alpha value is -1.88. The maximum atomic E-state index is 13.7. The lowest BCUT2D eigenvalue weighted by molar-refractivity contribution is -0.159. The molecular formula is C24H28ClN3O2. The van der Waals surface area contributed by atoms with Crippen molar-refractivity contribution < 1.29 is 9.32 Å². The number of carbonyl (C=O) groups excluding carboxylic acids is 1. The highest BCUT2D eigenvalue weighted by molar-refractivity contribution is 6.30. The lowest BCUT2D eigenvalue weighted by atomic mass is 9.49. The first-order valence-corrected chi connectivity index (χ1v) is 11.8. The van der Waals surface area contributed by atoms with Gasteiger partial charge in [-0.15, -0.1) is 0 Å². The summed E-state index contributed by atoms with van der Waals surface area (Å²) in [6, 6.07) is 7.51. The second-order valence-electron chi connectivity index (χ2n) is 10.3. The summed E-state index contributed by atoms with van der Waals surface area (Å²) in [6.07, 6.45) is 9.45. The van der Waals surface area contributed by atoms with Crippen molar-refractivity contribution in [3.8, 4) is 11.4 Å². The third-order valence-electron chi connectivity index (χ3n) is 8.07. The van der Waals surface area contributed by atoms with Crippen molar-refractivity contribution in [3.63, 3.8) is 0 Å². The molecule has 1 atom stereocenters. The SMILES string of the molecule is O=C(N1CCCC(c2nc(-c3cccc(Cl)c3)no2)C1)C12CC3CC(CC(C3)C1)C2. The molecule has 4 saturated carbocycles. The van der Waals surface area contributed by atoms with Crippen LogP contribution < -0.4 is 0 Å². The van der Waals surface area contributed by atoms with Crippen molar-refractivity contribution in [2.75, 3.05) is 13.1 Å². The van der Waals surface area contributed by atoms with Gasteiger partial charge in [0, 0.05) is 23.7 Å². The molecule has 1 saturated heterocycles. The van der Waals surface area contributed by atoms with Crippen LogP contribution >= 0.6 is 11.6 Å². The van der Waals surface area contributed by atoms with Crippen LogP contribution in [0.3, 0.4) is 0 Å². The van der Waals surface area contributed by atoms with Crippen LogP contribution in [-0.4, -0.2) is 34.0 Å². The molecule has 1 unspecified atom stereocenters. The topological polar surface area (TPSA) is 59.2 Å². The Bertz CT molecular complexity index is 936. The molecule has 1 aromatic heterocycles. The van der Waals surface area contributed by atoms with E-state index in [4.69, 9.17) is 16.1 Å². The average molecular weight is 426 g/mol. The summed E-state index contributed by atoms with van der Waals surface area (Å²) < 4.78 is 5.63. The first kappa shape index (κ1) is 18.9. The van der Waals surface area contributed by atoms with Crippen LogP contribution in [-0.2, 0) is 4.79 Å². The predicted molar refractivity (Wildman–Crippen MR) is 114 cm³/mol. The minimum Gasteiger partial charge on any atom is -0.341 e. The predicted octanol–water partition coefficient (Wildman–Crippen LogP) is 5.31. The number of carbonyl (C=O) groups is 1. The van der Waals surface area contributed by atoms with Crippen molar-refractivity contribution in [2.45, 2.75) is 57.3 Å². The van der Waals surface area contributed by atoms with Crippen LogP contribution in [0.4, 0.5) is 0 Å². The standard InChI is InChI=1S/C24H28ClN3O2/c25-20-5-1-3-18(10-20)21-26-22(30-27-21)19-4-2-6-28(14-19)23(29)24-11-15-7-16(12-24)9-17(8-15)13-24/h1,3,5,10,15-17,19H,2,4,6-9,11-14H2. The Labute approximate surface area is 182 Å². The first-order valence-electron chi connectivity index (χ1n) is 11.5. The molecule has 2 aromatic rings. The second-order valence-corrected chi connectivity index (χ2v) is 10.7. The van der Waals surface area contributed by atoms with E-state index in [2.05, 4.69) is 15.0 Å². The highest BCUT2D eigenvalue weighted by Crippen LogP contribution is 2.60. The van der Waals surface area contributed by atoms with E-state index >= 15 is 0 Å². The van der Waals surface area contributed by atoms with Crippen molar-refractivity contribution in [3.05, 3.63) is 35.2 Å². The van der Waals surface area contributed by atoms with E-state index in [-0.39, 0.29) is 11.3 Å². The summed E-state index contributed by atoms with van der Waals surface area (Å²) in [5.74, 6) is 4.12. The third-order valence-corrected chi connectivity index (χ3v) is 8.31. The lowest BCUT2D eigenvalue weighted by Gasteiger charge is -2.57. The zero-order chi connectivity index (χ0) is 20.3. The van der Waals surface area contributed by atoms with Gasteiger partial charge in [0.2, 0.25) is 17.6 Å². The Kier molecular flexibility index (Phi) is 4.45. The average Bonchev–Trinajstić information content (AvgIpc) is 3.23. The third kappa shape index (κ3) is 3.17. The van der Waals surface area contributed by atoms with Gasteiger partial charge in [0.1, 0.15) is 0 Å². The summed E-state index contributed by atoms with van der Waals surface area (Å²) in [5, 5.41) is 4.84. The number of piperidine rings is 1. The Morgan fingerprint density at radius 1 is 1.13 bits per heavy atom. The van der Waals surface area contributed by atoms with Gasteiger partial charge < -0.3 is 9.42 Å². The molecule has 1 amide bonds. The number of likely N-dealkylation sites (tertiary alicyclic amines) is 1. The summed E-state index contributed by atoms with van der Waals surface area (Å²) >= 11 is 6.10. The smallest absolute Gasteiger partial charge is 0.231 e. The summed E-state index contributed by atoms with van der Waals surface area (Å²) in [5.41, 5.74) is 0.784. The fourth-order valence-corrected chi connectivity index (χ4v) is 7.41. The number of hydrogen-bond acceptors (Lipinski definition) is 4. The fraction of sp³-hybridized carbons (Fsp3) is 0.625. The van der Waals surface area contributed by atoms with Crippen molar-refractivity contribution in [1.29, 1.82) is 0 Å².